The fraction of sp³-hybridized carbons (Fsp3) is 0.0244. The van der Waals surface area contributed by atoms with E-state index in [0.29, 0.717) is 40.0 Å². The highest BCUT2D eigenvalue weighted by Crippen LogP contribution is 2.19. The first-order valence-electron chi connectivity index (χ1n) is 16.6. The van der Waals surface area contributed by atoms with Crippen LogP contribution in [0.25, 0.3) is 0 Å². The fourth-order valence-corrected chi connectivity index (χ4v) is 7.22. The van der Waals surface area contributed by atoms with Crippen molar-refractivity contribution in [2.75, 3.05) is 10.6 Å². The van der Waals surface area contributed by atoms with E-state index in [1.807, 2.05) is 9.44 Å². The Kier molecular flexibility index (Phi) is 11.3. The van der Waals surface area contributed by atoms with Gasteiger partial charge in [0.15, 0.2) is 11.6 Å². The summed E-state index contributed by atoms with van der Waals surface area (Å²) >= 11 is 0. The van der Waals surface area contributed by atoms with Crippen LogP contribution in [0.1, 0.15) is 43.0 Å². The first-order valence-corrected chi connectivity index (χ1v) is 19.6. The second-order valence-corrected chi connectivity index (χ2v) is 15.5. The number of amides is 4. The minimum Gasteiger partial charge on any atom is -0.307 e. The summed E-state index contributed by atoms with van der Waals surface area (Å²) in [6.07, 6.45) is 0.479. The van der Waals surface area contributed by atoms with Gasteiger partial charge in [-0.05, 0) is 90.3 Å². The largest absolute Gasteiger partial charge is 0.333 e. The smallest absolute Gasteiger partial charge is 0.307 e. The number of sulfonamides is 2. The third-order valence-electron chi connectivity index (χ3n) is 8.21. The monoisotopic (exact) mass is 772 g/mol. The Labute approximate surface area is 317 Å². The molecule has 6 aromatic rings. The molecule has 12 nitrogen and oxygen atoms in total. The third-order valence-corrected chi connectivity index (χ3v) is 10.9. The van der Waals surface area contributed by atoms with E-state index in [1.54, 1.807) is 109 Å². The summed E-state index contributed by atoms with van der Waals surface area (Å²) in [5.74, 6) is -0.523. The average molecular weight is 773 g/mol. The quantitative estimate of drug-likeness (QED) is 0.0984. The van der Waals surface area contributed by atoms with Gasteiger partial charge in [-0.15, -0.1) is 0 Å². The number of benzene rings is 6. The Morgan fingerprint density at radius 2 is 0.691 bits per heavy atom. The van der Waals surface area contributed by atoms with E-state index >= 15 is 0 Å². The van der Waals surface area contributed by atoms with Crippen LogP contribution in [0.5, 0.6) is 0 Å². The highest BCUT2D eigenvalue weighted by atomic mass is 32.2. The van der Waals surface area contributed by atoms with Crippen molar-refractivity contribution in [1.82, 2.24) is 9.44 Å². The van der Waals surface area contributed by atoms with Crippen LogP contribution in [0, 0.1) is 0 Å². The molecule has 0 unspecified atom stereocenters. The molecule has 0 aliphatic rings. The zero-order chi connectivity index (χ0) is 39.0. The van der Waals surface area contributed by atoms with E-state index in [2.05, 4.69) is 10.6 Å². The predicted octanol–water partition coefficient (Wildman–Crippen LogP) is 6.76. The van der Waals surface area contributed by atoms with Crippen molar-refractivity contribution in [3.8, 4) is 0 Å². The van der Waals surface area contributed by atoms with Crippen molar-refractivity contribution in [1.29, 1.82) is 0 Å². The Bertz CT molecular complexity index is 2380. The van der Waals surface area contributed by atoms with E-state index in [-0.39, 0.29) is 21.4 Å². The first kappa shape index (κ1) is 37.8. The maximum atomic E-state index is 12.8. The van der Waals surface area contributed by atoms with Crippen LogP contribution in [0.2, 0.25) is 0 Å². The molecule has 0 aliphatic carbocycles. The van der Waals surface area contributed by atoms with Gasteiger partial charge in [-0.25, -0.2) is 35.9 Å². The Hall–Kier alpha value is -6.90. The highest BCUT2D eigenvalue weighted by molar-refractivity contribution is 7.90. The first-order chi connectivity index (χ1) is 26.4. The number of anilines is 2. The van der Waals surface area contributed by atoms with Gasteiger partial charge in [0.05, 0.1) is 9.79 Å². The van der Waals surface area contributed by atoms with Crippen LogP contribution in [0.4, 0.5) is 21.0 Å². The van der Waals surface area contributed by atoms with Crippen molar-refractivity contribution in [2.24, 2.45) is 0 Å². The minimum atomic E-state index is -4.22. The van der Waals surface area contributed by atoms with Crippen LogP contribution in [-0.2, 0) is 26.5 Å². The molecular weight excluding hydrogens is 741 g/mol. The summed E-state index contributed by atoms with van der Waals surface area (Å²) in [5, 5.41) is 4.98. The zero-order valence-electron chi connectivity index (χ0n) is 28.8. The summed E-state index contributed by atoms with van der Waals surface area (Å²) in [4.78, 5) is 49.9. The lowest BCUT2D eigenvalue weighted by atomic mass is 10.0. The molecule has 0 aliphatic heterocycles. The van der Waals surface area contributed by atoms with Crippen LogP contribution in [0.15, 0.2) is 168 Å². The van der Waals surface area contributed by atoms with Crippen molar-refractivity contribution in [3.05, 3.63) is 191 Å². The molecule has 0 fully saturated rings. The van der Waals surface area contributed by atoms with Crippen LogP contribution in [-0.4, -0.2) is 40.5 Å². The molecule has 6 aromatic carbocycles. The van der Waals surface area contributed by atoms with Gasteiger partial charge in [0, 0.05) is 33.6 Å². The lowest BCUT2D eigenvalue weighted by molar-refractivity contribution is 0.103. The van der Waals surface area contributed by atoms with E-state index in [9.17, 15) is 36.0 Å². The lowest BCUT2D eigenvalue weighted by Gasteiger charge is -2.11. The van der Waals surface area contributed by atoms with Crippen molar-refractivity contribution in [3.63, 3.8) is 0 Å². The van der Waals surface area contributed by atoms with E-state index in [1.165, 1.54) is 48.5 Å². The molecular formula is C41H32N4O8S2. The lowest BCUT2D eigenvalue weighted by Crippen LogP contribution is -2.34. The number of carbonyl (C=O) groups is 4. The Morgan fingerprint density at radius 1 is 0.382 bits per heavy atom. The van der Waals surface area contributed by atoms with Gasteiger partial charge < -0.3 is 10.6 Å². The summed E-state index contributed by atoms with van der Waals surface area (Å²) in [7, 11) is -8.45. The van der Waals surface area contributed by atoms with Crippen molar-refractivity contribution < 1.29 is 36.0 Å². The topological polar surface area (TPSA) is 185 Å². The summed E-state index contributed by atoms with van der Waals surface area (Å²) in [6, 6.07) is 39.2. The molecule has 276 valence electrons. The van der Waals surface area contributed by atoms with Crippen molar-refractivity contribution in [2.45, 2.75) is 16.2 Å². The van der Waals surface area contributed by atoms with Gasteiger partial charge >= 0.3 is 12.1 Å². The Balaban J connectivity index is 0.973. The molecule has 0 saturated carbocycles. The molecule has 0 bridgehead atoms. The molecule has 14 heteroatoms. The van der Waals surface area contributed by atoms with E-state index < -0.39 is 32.1 Å². The van der Waals surface area contributed by atoms with E-state index in [0.717, 1.165) is 11.1 Å². The highest BCUT2D eigenvalue weighted by Gasteiger charge is 2.20. The Morgan fingerprint density at radius 3 is 1.02 bits per heavy atom. The number of rotatable bonds is 12. The van der Waals surface area contributed by atoms with Crippen LogP contribution in [0.3, 0.4) is 0 Å². The molecule has 0 atom stereocenters. The second kappa shape index (κ2) is 16.4. The second-order valence-electron chi connectivity index (χ2n) is 12.1. The van der Waals surface area contributed by atoms with E-state index in [4.69, 9.17) is 0 Å². The van der Waals surface area contributed by atoms with Gasteiger partial charge in [-0.3, -0.25) is 9.59 Å². The molecule has 0 aromatic heterocycles. The number of nitrogens with one attached hydrogen (secondary N) is 4. The van der Waals surface area contributed by atoms with Crippen LogP contribution >= 0.6 is 0 Å². The number of ketones is 2. The third kappa shape index (κ3) is 9.75. The molecule has 0 radical (unpaired) electrons. The number of hydrogen-bond donors (Lipinski definition) is 4. The SMILES string of the molecule is O=C(Nc1ccc(Cc2ccc(NC(=O)NS(=O)(=O)c3ccc(C(=O)c4ccccc4)cc3)cc2)cc1)NS(=O)(=O)c1ccc(C(=O)c2ccccc2)cc1. The number of hydrogen-bond acceptors (Lipinski definition) is 8. The summed E-state index contributed by atoms with van der Waals surface area (Å²) in [6.45, 7) is 0. The molecule has 0 saturated heterocycles. The maximum absolute atomic E-state index is 12.8. The van der Waals surface area contributed by atoms with Gasteiger partial charge in [0.1, 0.15) is 0 Å². The molecule has 0 spiro atoms. The number of urea groups is 2. The summed E-state index contributed by atoms with van der Waals surface area (Å²) < 4.78 is 55.1. The molecule has 4 N–H and O–H groups in total. The number of carbonyl (C=O) groups excluding carboxylic acids is 4. The maximum Gasteiger partial charge on any atom is 0.333 e. The van der Waals surface area contributed by atoms with Gasteiger partial charge in [0.25, 0.3) is 20.0 Å². The summed E-state index contributed by atoms with van der Waals surface area (Å²) in [5.41, 5.74) is 3.95. The van der Waals surface area contributed by atoms with Gasteiger partial charge in [-0.2, -0.15) is 0 Å². The standard InChI is InChI=1S/C41H32N4O8S2/c46-38(30-7-3-1-4-8-30)32-15-23-36(24-16-32)54(50,51)44-40(48)42-34-19-11-28(12-20-34)27-29-13-21-35(22-14-29)43-41(49)45-55(52,53)37-25-17-33(18-26-37)39(47)31-9-5-2-6-10-31/h1-26H,27H2,(H2,42,44,48)(H2,43,45,49). The van der Waals surface area contributed by atoms with Crippen LogP contribution < -0.4 is 20.1 Å². The van der Waals surface area contributed by atoms with Gasteiger partial charge in [0.2, 0.25) is 0 Å². The predicted molar refractivity (Wildman–Crippen MR) is 207 cm³/mol. The van der Waals surface area contributed by atoms with Crippen molar-refractivity contribution >= 4 is 55.1 Å². The minimum absolute atomic E-state index is 0.185. The van der Waals surface area contributed by atoms with Gasteiger partial charge in [-0.1, -0.05) is 84.9 Å². The molecule has 0 heterocycles. The molecule has 4 amide bonds. The average Bonchev–Trinajstić information content (AvgIpc) is 3.19. The fourth-order valence-electron chi connectivity index (χ4n) is 5.41. The molecule has 6 rings (SSSR count). The normalized spacial score (nSPS) is 11.2. The zero-order valence-corrected chi connectivity index (χ0v) is 30.4. The molecule has 55 heavy (non-hydrogen) atoms.